The number of ether oxygens (including phenoxy) is 1. The molecular weight excluding hydrogens is 428 g/mol. The summed E-state index contributed by atoms with van der Waals surface area (Å²) in [5, 5.41) is 9.40. The van der Waals surface area contributed by atoms with E-state index in [-0.39, 0.29) is 22.8 Å². The highest BCUT2D eigenvalue weighted by Crippen LogP contribution is 2.21. The van der Waals surface area contributed by atoms with Crippen LogP contribution in [0.2, 0.25) is 0 Å². The highest BCUT2D eigenvalue weighted by Gasteiger charge is 2.28. The van der Waals surface area contributed by atoms with Crippen LogP contribution in [0.3, 0.4) is 0 Å². The molecule has 3 rings (SSSR count). The summed E-state index contributed by atoms with van der Waals surface area (Å²) in [5.74, 6) is 0.613. The first kappa shape index (κ1) is 23.6. The van der Waals surface area contributed by atoms with Gasteiger partial charge in [0, 0.05) is 37.4 Å². The van der Waals surface area contributed by atoms with Crippen molar-refractivity contribution in [3.8, 4) is 11.8 Å². The van der Waals surface area contributed by atoms with E-state index >= 15 is 0 Å². The molecule has 1 atom stereocenters. The van der Waals surface area contributed by atoms with Crippen LogP contribution in [-0.2, 0) is 10.0 Å². The molecule has 1 unspecified atom stereocenters. The predicted molar refractivity (Wildman–Crippen MR) is 122 cm³/mol. The number of nitrogens with one attached hydrogen (secondary N) is 1. The van der Waals surface area contributed by atoms with Crippen molar-refractivity contribution in [2.24, 2.45) is 5.92 Å². The molecule has 170 valence electrons. The summed E-state index contributed by atoms with van der Waals surface area (Å²) in [6.07, 6.45) is 0. The Bertz CT molecular complexity index is 1090. The van der Waals surface area contributed by atoms with E-state index in [0.29, 0.717) is 43.2 Å². The molecule has 0 bridgehead atoms. The van der Waals surface area contributed by atoms with Crippen LogP contribution in [0.4, 0.5) is 5.69 Å². The lowest BCUT2D eigenvalue weighted by Crippen LogP contribution is -2.52. The van der Waals surface area contributed by atoms with Crippen molar-refractivity contribution in [1.82, 2.24) is 9.80 Å². The van der Waals surface area contributed by atoms with Gasteiger partial charge in [0.2, 0.25) is 0 Å². The highest BCUT2D eigenvalue weighted by molar-refractivity contribution is 7.92. The van der Waals surface area contributed by atoms with Crippen LogP contribution in [0, 0.1) is 17.2 Å². The average molecular weight is 457 g/mol. The zero-order valence-electron chi connectivity index (χ0n) is 18.5. The third-order valence-corrected chi connectivity index (χ3v) is 6.87. The monoisotopic (exact) mass is 456 g/mol. The van der Waals surface area contributed by atoms with Gasteiger partial charge in [-0.25, -0.2) is 8.42 Å². The molecule has 0 aliphatic carbocycles. The minimum atomic E-state index is -3.86. The number of methoxy groups -OCH3 is 1. The van der Waals surface area contributed by atoms with Crippen molar-refractivity contribution in [3.05, 3.63) is 54.1 Å². The van der Waals surface area contributed by atoms with Crippen molar-refractivity contribution >= 4 is 21.6 Å². The van der Waals surface area contributed by atoms with Gasteiger partial charge in [-0.1, -0.05) is 19.9 Å². The molecule has 1 amide bonds. The zero-order valence-corrected chi connectivity index (χ0v) is 19.3. The molecule has 1 heterocycles. The van der Waals surface area contributed by atoms with Crippen molar-refractivity contribution in [2.45, 2.75) is 24.8 Å². The number of amides is 1. The van der Waals surface area contributed by atoms with Gasteiger partial charge in [0.05, 0.1) is 18.1 Å². The second kappa shape index (κ2) is 10.0. The van der Waals surface area contributed by atoms with Gasteiger partial charge in [-0.2, -0.15) is 5.26 Å². The minimum Gasteiger partial charge on any atom is -0.497 e. The van der Waals surface area contributed by atoms with Crippen molar-refractivity contribution < 1.29 is 17.9 Å². The average Bonchev–Trinajstić information content (AvgIpc) is 2.79. The first-order valence-electron chi connectivity index (χ1n) is 10.4. The molecule has 0 spiro atoms. The number of nitriles is 1. The zero-order chi connectivity index (χ0) is 23.3. The summed E-state index contributed by atoms with van der Waals surface area (Å²) < 4.78 is 33.2. The maximum absolute atomic E-state index is 13.0. The molecule has 1 fully saturated rings. The van der Waals surface area contributed by atoms with Gasteiger partial charge in [-0.05, 0) is 48.4 Å². The van der Waals surface area contributed by atoms with Crippen LogP contribution >= 0.6 is 0 Å². The fourth-order valence-corrected chi connectivity index (χ4v) is 4.81. The van der Waals surface area contributed by atoms with Crippen molar-refractivity contribution in [2.75, 3.05) is 38.0 Å². The summed E-state index contributed by atoms with van der Waals surface area (Å²) in [5.41, 5.74) is 0.715. The number of nitrogens with zero attached hydrogens (tertiary/aromatic N) is 3. The molecule has 2 aromatic carbocycles. The fraction of sp³-hybridized carbons (Fsp3) is 0.391. The largest absolute Gasteiger partial charge is 0.497 e. The van der Waals surface area contributed by atoms with Crippen LogP contribution in [0.25, 0.3) is 0 Å². The lowest BCUT2D eigenvalue weighted by molar-refractivity contribution is 0.0576. The number of carbonyl (C=O) groups is 1. The van der Waals surface area contributed by atoms with Crippen LogP contribution in [0.1, 0.15) is 24.2 Å². The molecule has 9 heteroatoms. The van der Waals surface area contributed by atoms with Crippen LogP contribution in [0.5, 0.6) is 5.75 Å². The van der Waals surface area contributed by atoms with Crippen LogP contribution in [-0.4, -0.2) is 63.5 Å². The number of hydrogen-bond acceptors (Lipinski definition) is 6. The number of anilines is 1. The molecule has 0 saturated carbocycles. The van der Waals surface area contributed by atoms with E-state index in [1.54, 1.807) is 41.3 Å². The smallest absolute Gasteiger partial charge is 0.261 e. The van der Waals surface area contributed by atoms with Crippen molar-refractivity contribution in [3.63, 3.8) is 0 Å². The molecule has 0 aromatic heterocycles. The maximum atomic E-state index is 13.0. The number of rotatable bonds is 7. The third kappa shape index (κ3) is 5.39. The van der Waals surface area contributed by atoms with Gasteiger partial charge in [0.15, 0.2) is 0 Å². The van der Waals surface area contributed by atoms with E-state index in [1.807, 2.05) is 13.8 Å². The van der Waals surface area contributed by atoms with Gasteiger partial charge in [-0.15, -0.1) is 0 Å². The lowest BCUT2D eigenvalue weighted by atomic mass is 10.0. The number of carbonyl (C=O) groups excluding carboxylic acids is 1. The Kier molecular flexibility index (Phi) is 7.38. The van der Waals surface area contributed by atoms with E-state index in [2.05, 4.69) is 15.7 Å². The Hall–Kier alpha value is -3.09. The molecule has 2 aromatic rings. The summed E-state index contributed by atoms with van der Waals surface area (Å²) in [6, 6.07) is 14.7. The molecule has 1 aliphatic heterocycles. The molecule has 1 N–H and O–H groups in total. The quantitative estimate of drug-likeness (QED) is 0.687. The van der Waals surface area contributed by atoms with E-state index in [1.165, 1.54) is 19.2 Å². The number of piperazine rings is 1. The Balaban J connectivity index is 1.70. The minimum absolute atomic E-state index is 0.0159. The summed E-state index contributed by atoms with van der Waals surface area (Å²) >= 11 is 0. The van der Waals surface area contributed by atoms with E-state index < -0.39 is 10.0 Å². The second-order valence-corrected chi connectivity index (χ2v) is 9.69. The van der Waals surface area contributed by atoms with Crippen LogP contribution in [0.15, 0.2) is 53.4 Å². The van der Waals surface area contributed by atoms with Crippen LogP contribution < -0.4 is 9.46 Å². The predicted octanol–water partition coefficient (Wildman–Crippen LogP) is 2.80. The molecule has 1 saturated heterocycles. The molecule has 1 aliphatic rings. The number of sulfonamides is 1. The SMILES string of the molecule is COc1ccc(NS(=O)(=O)c2cccc(C(=O)N3CCN(C(C#N)C(C)C)CC3)c2)cc1. The Morgan fingerprint density at radius 2 is 1.75 bits per heavy atom. The summed E-state index contributed by atoms with van der Waals surface area (Å²) in [6.45, 7) is 6.22. The Morgan fingerprint density at radius 3 is 2.31 bits per heavy atom. The first-order valence-corrected chi connectivity index (χ1v) is 11.9. The Labute approximate surface area is 189 Å². The van der Waals surface area contributed by atoms with Gasteiger partial charge in [0.25, 0.3) is 15.9 Å². The van der Waals surface area contributed by atoms with E-state index in [9.17, 15) is 18.5 Å². The molecular formula is C23H28N4O4S. The summed E-state index contributed by atoms with van der Waals surface area (Å²) in [4.78, 5) is 16.8. The molecule has 8 nitrogen and oxygen atoms in total. The fourth-order valence-electron chi connectivity index (χ4n) is 3.71. The summed E-state index contributed by atoms with van der Waals surface area (Å²) in [7, 11) is -2.32. The lowest BCUT2D eigenvalue weighted by Gasteiger charge is -2.38. The number of benzene rings is 2. The van der Waals surface area contributed by atoms with Gasteiger partial charge in [0.1, 0.15) is 11.8 Å². The highest BCUT2D eigenvalue weighted by atomic mass is 32.2. The van der Waals surface area contributed by atoms with Gasteiger partial charge < -0.3 is 9.64 Å². The third-order valence-electron chi connectivity index (χ3n) is 5.49. The molecule has 32 heavy (non-hydrogen) atoms. The second-order valence-electron chi connectivity index (χ2n) is 8.01. The van der Waals surface area contributed by atoms with Crippen molar-refractivity contribution in [1.29, 1.82) is 5.26 Å². The number of hydrogen-bond donors (Lipinski definition) is 1. The van der Waals surface area contributed by atoms with Gasteiger partial charge in [-0.3, -0.25) is 14.4 Å². The normalized spacial score (nSPS) is 15.8. The van der Waals surface area contributed by atoms with E-state index in [0.717, 1.165) is 0 Å². The van der Waals surface area contributed by atoms with E-state index in [4.69, 9.17) is 4.74 Å². The topological polar surface area (TPSA) is 103 Å². The first-order chi connectivity index (χ1) is 15.2. The molecule has 0 radical (unpaired) electrons. The standard InChI is InChI=1S/C23H28N4O4S/c1-17(2)22(16-24)26-11-13-27(14-12-26)23(28)18-5-4-6-21(15-18)32(29,30)25-19-7-9-20(31-3)10-8-19/h4-10,15,17,22,25H,11-14H2,1-3H3. The maximum Gasteiger partial charge on any atom is 0.261 e. The van der Waals surface area contributed by atoms with Gasteiger partial charge >= 0.3 is 0 Å². The Morgan fingerprint density at radius 1 is 1.09 bits per heavy atom.